The Balaban J connectivity index is 1.42. The Labute approximate surface area is 149 Å². The average molecular weight is 342 g/mol. The van der Waals surface area contributed by atoms with Gasteiger partial charge >= 0.3 is 0 Å². The van der Waals surface area contributed by atoms with Gasteiger partial charge in [-0.25, -0.2) is 0 Å². The van der Waals surface area contributed by atoms with Gasteiger partial charge in [-0.2, -0.15) is 0 Å². The molecule has 1 aliphatic heterocycles. The first-order valence-corrected chi connectivity index (χ1v) is 8.67. The predicted octanol–water partition coefficient (Wildman–Crippen LogP) is 4.52. The lowest BCUT2D eigenvalue weighted by Gasteiger charge is -2.34. The quantitative estimate of drug-likeness (QED) is 0.723. The second-order valence-corrected chi connectivity index (χ2v) is 7.20. The summed E-state index contributed by atoms with van der Waals surface area (Å²) in [5, 5.41) is 0. The largest absolute Gasteiger partial charge is 0.490 e. The van der Waals surface area contributed by atoms with Gasteiger partial charge < -0.3 is 18.9 Å². The highest BCUT2D eigenvalue weighted by atomic mass is 16.7. The van der Waals surface area contributed by atoms with Gasteiger partial charge in [-0.1, -0.05) is 43.7 Å². The molecule has 1 aliphatic rings. The highest BCUT2D eigenvalue weighted by Crippen LogP contribution is 2.31. The summed E-state index contributed by atoms with van der Waals surface area (Å²) >= 11 is 0. The van der Waals surface area contributed by atoms with Gasteiger partial charge in [-0.15, -0.1) is 0 Å². The van der Waals surface area contributed by atoms with Crippen molar-refractivity contribution in [1.82, 2.24) is 0 Å². The zero-order valence-electron chi connectivity index (χ0n) is 15.2. The summed E-state index contributed by atoms with van der Waals surface area (Å²) in [5.41, 5.74) is 2.31. The van der Waals surface area contributed by atoms with Crippen LogP contribution < -0.4 is 9.47 Å². The average Bonchev–Trinajstić information content (AvgIpc) is 2.61. The third-order valence-electron chi connectivity index (χ3n) is 4.04. The van der Waals surface area contributed by atoms with Crippen LogP contribution >= 0.6 is 0 Å². The van der Waals surface area contributed by atoms with Crippen LogP contribution in [0.1, 0.15) is 31.3 Å². The van der Waals surface area contributed by atoms with Gasteiger partial charge in [0.05, 0.1) is 13.2 Å². The van der Waals surface area contributed by atoms with Crippen molar-refractivity contribution in [3.05, 3.63) is 59.7 Å². The molecule has 3 rings (SSSR count). The monoisotopic (exact) mass is 342 g/mol. The summed E-state index contributed by atoms with van der Waals surface area (Å²) in [6, 6.07) is 15.8. The molecule has 1 heterocycles. The van der Waals surface area contributed by atoms with Crippen molar-refractivity contribution in [2.24, 2.45) is 5.41 Å². The molecule has 4 nitrogen and oxygen atoms in total. The molecule has 0 spiro atoms. The van der Waals surface area contributed by atoms with Crippen LogP contribution in [0.2, 0.25) is 0 Å². The van der Waals surface area contributed by atoms with Crippen LogP contribution in [0, 0.1) is 12.3 Å². The molecule has 0 saturated carbocycles. The Morgan fingerprint density at radius 1 is 0.840 bits per heavy atom. The molecule has 25 heavy (non-hydrogen) atoms. The number of aryl methyl sites for hydroxylation is 1. The second-order valence-electron chi connectivity index (χ2n) is 7.20. The summed E-state index contributed by atoms with van der Waals surface area (Å²) in [4.78, 5) is 0. The fourth-order valence-electron chi connectivity index (χ4n) is 2.56. The molecule has 2 aromatic carbocycles. The first kappa shape index (κ1) is 17.8. The van der Waals surface area contributed by atoms with Gasteiger partial charge in [0.1, 0.15) is 24.7 Å². The van der Waals surface area contributed by atoms with E-state index in [1.807, 2.05) is 48.5 Å². The fraction of sp³-hybridized carbons (Fsp3) is 0.429. The maximum Gasteiger partial charge on any atom is 0.183 e. The van der Waals surface area contributed by atoms with Gasteiger partial charge in [0.2, 0.25) is 0 Å². The van der Waals surface area contributed by atoms with Crippen molar-refractivity contribution in [3.8, 4) is 11.5 Å². The van der Waals surface area contributed by atoms with Crippen LogP contribution in [0.5, 0.6) is 11.5 Å². The Bertz CT molecular complexity index is 651. The molecule has 0 atom stereocenters. The maximum atomic E-state index is 5.79. The minimum atomic E-state index is -0.285. The predicted molar refractivity (Wildman–Crippen MR) is 97.0 cm³/mol. The number of hydrogen-bond acceptors (Lipinski definition) is 4. The second kappa shape index (κ2) is 7.89. The summed E-state index contributed by atoms with van der Waals surface area (Å²) in [6.45, 7) is 8.74. The van der Waals surface area contributed by atoms with Crippen LogP contribution in [0.4, 0.5) is 0 Å². The smallest absolute Gasteiger partial charge is 0.183 e. The highest BCUT2D eigenvalue weighted by molar-refractivity contribution is 5.28. The summed E-state index contributed by atoms with van der Waals surface area (Å²) in [6.07, 6.45) is -0.285. The Morgan fingerprint density at radius 3 is 1.84 bits per heavy atom. The summed E-state index contributed by atoms with van der Waals surface area (Å²) in [5.74, 6) is 1.67. The standard InChI is InChI=1S/C21H26O4/c1-16-4-8-18(9-5-16)22-12-13-23-19-10-6-17(7-11-19)20-24-14-21(2,3)15-25-20/h4-11,20H,12-15H2,1-3H3. The van der Waals surface area contributed by atoms with Crippen LogP contribution in [-0.4, -0.2) is 26.4 Å². The zero-order valence-corrected chi connectivity index (χ0v) is 15.2. The lowest BCUT2D eigenvalue weighted by atomic mass is 9.95. The molecule has 134 valence electrons. The Hall–Kier alpha value is -2.04. The van der Waals surface area contributed by atoms with Crippen LogP contribution in [-0.2, 0) is 9.47 Å². The Kier molecular flexibility index (Phi) is 5.61. The van der Waals surface area contributed by atoms with E-state index < -0.39 is 0 Å². The third kappa shape index (κ3) is 5.21. The number of ether oxygens (including phenoxy) is 4. The van der Waals surface area contributed by atoms with Crippen LogP contribution in [0.15, 0.2) is 48.5 Å². The fourth-order valence-corrected chi connectivity index (χ4v) is 2.56. The molecule has 1 fully saturated rings. The Morgan fingerprint density at radius 2 is 1.32 bits per heavy atom. The maximum absolute atomic E-state index is 5.79. The summed E-state index contributed by atoms with van der Waals surface area (Å²) in [7, 11) is 0. The van der Waals surface area contributed by atoms with E-state index in [1.54, 1.807) is 0 Å². The van der Waals surface area contributed by atoms with Crippen molar-refractivity contribution in [3.63, 3.8) is 0 Å². The number of benzene rings is 2. The normalized spacial score (nSPS) is 17.2. The van der Waals surface area contributed by atoms with E-state index in [-0.39, 0.29) is 11.7 Å². The minimum Gasteiger partial charge on any atom is -0.490 e. The van der Waals surface area contributed by atoms with E-state index in [2.05, 4.69) is 20.8 Å². The van der Waals surface area contributed by atoms with E-state index in [1.165, 1.54) is 5.56 Å². The third-order valence-corrected chi connectivity index (χ3v) is 4.04. The molecule has 4 heteroatoms. The van der Waals surface area contributed by atoms with Crippen molar-refractivity contribution >= 4 is 0 Å². The van der Waals surface area contributed by atoms with Crippen LogP contribution in [0.25, 0.3) is 0 Å². The number of hydrogen-bond donors (Lipinski definition) is 0. The molecule has 0 bridgehead atoms. The SMILES string of the molecule is Cc1ccc(OCCOc2ccc(C3OCC(C)(C)CO3)cc2)cc1. The van der Waals surface area contributed by atoms with Gasteiger partial charge in [0.25, 0.3) is 0 Å². The first-order valence-electron chi connectivity index (χ1n) is 8.67. The highest BCUT2D eigenvalue weighted by Gasteiger charge is 2.29. The zero-order chi connectivity index (χ0) is 17.7. The lowest BCUT2D eigenvalue weighted by Crippen LogP contribution is -2.33. The van der Waals surface area contributed by atoms with E-state index in [0.29, 0.717) is 26.4 Å². The van der Waals surface area contributed by atoms with Crippen molar-refractivity contribution in [2.45, 2.75) is 27.1 Å². The molecular weight excluding hydrogens is 316 g/mol. The molecular formula is C21H26O4. The molecule has 0 amide bonds. The molecule has 0 aromatic heterocycles. The van der Waals surface area contributed by atoms with Crippen molar-refractivity contribution < 1.29 is 18.9 Å². The molecule has 2 aromatic rings. The van der Waals surface area contributed by atoms with E-state index >= 15 is 0 Å². The van der Waals surface area contributed by atoms with E-state index in [4.69, 9.17) is 18.9 Å². The topological polar surface area (TPSA) is 36.9 Å². The molecule has 0 unspecified atom stereocenters. The van der Waals surface area contributed by atoms with Gasteiger partial charge in [0, 0.05) is 11.0 Å². The van der Waals surface area contributed by atoms with Gasteiger partial charge in [-0.05, 0) is 31.2 Å². The van der Waals surface area contributed by atoms with Crippen molar-refractivity contribution in [2.75, 3.05) is 26.4 Å². The van der Waals surface area contributed by atoms with Crippen molar-refractivity contribution in [1.29, 1.82) is 0 Å². The van der Waals surface area contributed by atoms with Crippen LogP contribution in [0.3, 0.4) is 0 Å². The van der Waals surface area contributed by atoms with E-state index in [0.717, 1.165) is 17.1 Å². The molecule has 0 aliphatic carbocycles. The van der Waals surface area contributed by atoms with Gasteiger partial charge in [0.15, 0.2) is 6.29 Å². The molecule has 1 saturated heterocycles. The number of rotatable bonds is 6. The van der Waals surface area contributed by atoms with Gasteiger partial charge in [-0.3, -0.25) is 0 Å². The minimum absolute atomic E-state index is 0.0804. The molecule has 0 N–H and O–H groups in total. The summed E-state index contributed by atoms with van der Waals surface area (Å²) < 4.78 is 23.0. The molecule has 0 radical (unpaired) electrons. The first-order chi connectivity index (χ1) is 12.0. The lowest BCUT2D eigenvalue weighted by molar-refractivity contribution is -0.226. The van der Waals surface area contributed by atoms with E-state index in [9.17, 15) is 0 Å².